The molecule has 21 heavy (non-hydrogen) atoms. The highest BCUT2D eigenvalue weighted by Gasteiger charge is 2.19. The monoisotopic (exact) mass is 357 g/mol. The fraction of sp³-hybridized carbons (Fsp3) is 0. The van der Waals surface area contributed by atoms with Gasteiger partial charge in [-0.05, 0) is 12.1 Å². The number of para-hydroxylation sites is 1. The summed E-state index contributed by atoms with van der Waals surface area (Å²) in [6.45, 7) is 0. The van der Waals surface area contributed by atoms with Crippen LogP contribution < -0.4 is 5.43 Å². The lowest BCUT2D eigenvalue weighted by Crippen LogP contribution is -1.99. The van der Waals surface area contributed by atoms with E-state index in [0.29, 0.717) is 5.01 Å². The topological polar surface area (TPSA) is 50.2 Å². The van der Waals surface area contributed by atoms with E-state index in [0.717, 1.165) is 16.3 Å². The van der Waals surface area contributed by atoms with Crippen molar-refractivity contribution in [3.8, 4) is 16.3 Å². The zero-order valence-corrected chi connectivity index (χ0v) is 13.3. The minimum atomic E-state index is -0.495. The summed E-state index contributed by atoms with van der Waals surface area (Å²) in [5.74, 6) is -0.419. The van der Waals surface area contributed by atoms with Crippen LogP contribution in [0.1, 0.15) is 0 Å². The lowest BCUT2D eigenvalue weighted by Gasteiger charge is -1.97. The Balaban J connectivity index is 2.40. The van der Waals surface area contributed by atoms with Gasteiger partial charge >= 0.3 is 0 Å². The fourth-order valence-corrected chi connectivity index (χ4v) is 3.47. The summed E-state index contributed by atoms with van der Waals surface area (Å²) < 4.78 is 0.895. The first-order valence-electron chi connectivity index (χ1n) is 5.75. The normalized spacial score (nSPS) is 11.0. The van der Waals surface area contributed by atoms with Gasteiger partial charge in [-0.25, -0.2) is 4.98 Å². The van der Waals surface area contributed by atoms with Gasteiger partial charge in [0.1, 0.15) is 21.3 Å². The first-order valence-corrected chi connectivity index (χ1v) is 7.71. The third kappa shape index (κ3) is 2.49. The summed E-state index contributed by atoms with van der Waals surface area (Å²) in [5, 5.41) is 10.3. The molecule has 0 aliphatic rings. The zero-order chi connectivity index (χ0) is 15.1. The van der Waals surface area contributed by atoms with Crippen molar-refractivity contribution in [1.82, 2.24) is 4.98 Å². The third-order valence-corrected chi connectivity index (χ3v) is 5.17. The molecule has 0 aliphatic carbocycles. The number of benzene rings is 1. The molecule has 0 saturated heterocycles. The predicted octanol–water partition coefficient (Wildman–Crippen LogP) is 4.99. The van der Waals surface area contributed by atoms with Gasteiger partial charge in [0.15, 0.2) is 5.43 Å². The number of hydrogen-bond acceptors (Lipinski definition) is 4. The number of thiazole rings is 1. The van der Waals surface area contributed by atoms with Gasteiger partial charge < -0.3 is 5.11 Å². The quantitative estimate of drug-likeness (QED) is 0.666. The Kier molecular flexibility index (Phi) is 3.80. The Bertz CT molecular complexity index is 891. The van der Waals surface area contributed by atoms with Crippen LogP contribution in [0.3, 0.4) is 0 Å². The molecule has 0 saturated carbocycles. The number of aromatic nitrogens is 1. The van der Waals surface area contributed by atoms with Crippen molar-refractivity contribution < 1.29 is 5.11 Å². The number of hydrogen-bond donors (Lipinski definition) is 1. The van der Waals surface area contributed by atoms with Crippen molar-refractivity contribution in [2.75, 3.05) is 0 Å². The van der Waals surface area contributed by atoms with E-state index in [2.05, 4.69) is 4.98 Å². The summed E-state index contributed by atoms with van der Waals surface area (Å²) >= 11 is 19.0. The van der Waals surface area contributed by atoms with Crippen LogP contribution in [0.25, 0.3) is 20.8 Å². The van der Waals surface area contributed by atoms with Gasteiger partial charge in [-0.1, -0.05) is 46.9 Å². The second-order valence-corrected chi connectivity index (χ2v) is 6.39. The molecule has 1 heterocycles. The van der Waals surface area contributed by atoms with Gasteiger partial charge in [-0.3, -0.25) is 4.79 Å². The predicted molar refractivity (Wildman–Crippen MR) is 88.0 cm³/mol. The molecular weight excluding hydrogens is 353 g/mol. The smallest absolute Gasteiger partial charge is 0.194 e. The molecule has 1 N–H and O–H groups in total. The second-order valence-electron chi connectivity index (χ2n) is 4.19. The molecule has 3 rings (SSSR count). The molecule has 0 spiro atoms. The number of rotatable bonds is 1. The van der Waals surface area contributed by atoms with E-state index < -0.39 is 11.2 Å². The van der Waals surface area contributed by atoms with Crippen molar-refractivity contribution in [3.05, 3.63) is 55.6 Å². The maximum Gasteiger partial charge on any atom is 0.194 e. The average molecular weight is 359 g/mol. The lowest BCUT2D eigenvalue weighted by atomic mass is 10.2. The standard InChI is InChI=1S/C14H6Cl3NO2S/c15-6-5-8(19)10(13(20)12(17)11(6)16)14-18-7-3-1-2-4-9(7)21-14/h1-5,20H. The maximum atomic E-state index is 12.2. The van der Waals surface area contributed by atoms with Crippen molar-refractivity contribution in [2.24, 2.45) is 0 Å². The van der Waals surface area contributed by atoms with Crippen molar-refractivity contribution in [2.45, 2.75) is 0 Å². The van der Waals surface area contributed by atoms with Gasteiger partial charge in [0.05, 0.1) is 20.3 Å². The van der Waals surface area contributed by atoms with E-state index in [4.69, 9.17) is 34.8 Å². The molecular formula is C14H6Cl3NO2S. The summed E-state index contributed by atoms with van der Waals surface area (Å²) in [6.07, 6.45) is 0. The van der Waals surface area contributed by atoms with E-state index >= 15 is 0 Å². The van der Waals surface area contributed by atoms with E-state index in [1.807, 2.05) is 24.3 Å². The largest absolute Gasteiger partial charge is 0.505 e. The first-order chi connectivity index (χ1) is 9.99. The fourth-order valence-electron chi connectivity index (χ4n) is 1.87. The van der Waals surface area contributed by atoms with Crippen LogP contribution in [0.4, 0.5) is 0 Å². The van der Waals surface area contributed by atoms with Crippen molar-refractivity contribution in [1.29, 1.82) is 0 Å². The molecule has 106 valence electrons. The average Bonchev–Trinajstić information content (AvgIpc) is 2.85. The van der Waals surface area contributed by atoms with Crippen LogP contribution in [0, 0.1) is 0 Å². The summed E-state index contributed by atoms with van der Waals surface area (Å²) in [6, 6.07) is 8.53. The molecule has 0 radical (unpaired) electrons. The molecule has 0 amide bonds. The molecule has 3 nitrogen and oxygen atoms in total. The van der Waals surface area contributed by atoms with Gasteiger partial charge in [0.2, 0.25) is 0 Å². The zero-order valence-electron chi connectivity index (χ0n) is 10.2. The molecule has 2 aromatic carbocycles. The van der Waals surface area contributed by atoms with Crippen LogP contribution in [0.5, 0.6) is 5.75 Å². The van der Waals surface area contributed by atoms with Crippen LogP contribution >= 0.6 is 46.1 Å². The van der Waals surface area contributed by atoms with Crippen LogP contribution in [-0.2, 0) is 0 Å². The molecule has 7 heteroatoms. The van der Waals surface area contributed by atoms with Gasteiger partial charge in [-0.15, -0.1) is 11.3 Å². The molecule has 0 bridgehead atoms. The molecule has 3 aromatic rings. The summed E-state index contributed by atoms with van der Waals surface area (Å²) in [4.78, 5) is 16.6. The van der Waals surface area contributed by atoms with E-state index in [1.54, 1.807) is 0 Å². The summed E-state index contributed by atoms with van der Waals surface area (Å²) in [7, 11) is 0. The van der Waals surface area contributed by atoms with E-state index in [-0.39, 0.29) is 20.6 Å². The maximum absolute atomic E-state index is 12.2. The minimum absolute atomic E-state index is 0.00463. The van der Waals surface area contributed by atoms with Crippen LogP contribution in [-0.4, -0.2) is 10.1 Å². The Morgan fingerprint density at radius 3 is 2.52 bits per heavy atom. The second kappa shape index (κ2) is 5.46. The van der Waals surface area contributed by atoms with Gasteiger partial charge in [0.25, 0.3) is 0 Å². The van der Waals surface area contributed by atoms with Gasteiger partial charge in [0, 0.05) is 6.07 Å². The molecule has 0 aliphatic heterocycles. The first kappa shape index (κ1) is 14.6. The Labute approximate surface area is 138 Å². The Hall–Kier alpha value is -1.33. The van der Waals surface area contributed by atoms with Crippen LogP contribution in [0.2, 0.25) is 15.1 Å². The van der Waals surface area contributed by atoms with Crippen LogP contribution in [0.15, 0.2) is 35.1 Å². The number of fused-ring (bicyclic) bond motifs is 1. The molecule has 0 atom stereocenters. The number of aromatic hydroxyl groups is 1. The molecule has 0 unspecified atom stereocenters. The number of halogens is 3. The highest BCUT2D eigenvalue weighted by atomic mass is 35.5. The minimum Gasteiger partial charge on any atom is -0.505 e. The Morgan fingerprint density at radius 2 is 1.81 bits per heavy atom. The summed E-state index contributed by atoms with van der Waals surface area (Å²) in [5.41, 5.74) is 0.233. The van der Waals surface area contributed by atoms with Crippen molar-refractivity contribution >= 4 is 56.4 Å². The number of nitrogens with zero attached hydrogens (tertiary/aromatic N) is 1. The third-order valence-electron chi connectivity index (χ3n) is 2.86. The van der Waals surface area contributed by atoms with E-state index in [1.165, 1.54) is 11.3 Å². The highest BCUT2D eigenvalue weighted by Crippen LogP contribution is 2.40. The molecule has 1 aromatic heterocycles. The van der Waals surface area contributed by atoms with Gasteiger partial charge in [-0.2, -0.15) is 0 Å². The highest BCUT2D eigenvalue weighted by molar-refractivity contribution is 7.21. The van der Waals surface area contributed by atoms with E-state index in [9.17, 15) is 9.90 Å². The Morgan fingerprint density at radius 1 is 1.10 bits per heavy atom. The molecule has 0 fully saturated rings. The van der Waals surface area contributed by atoms with Crippen molar-refractivity contribution in [3.63, 3.8) is 0 Å². The lowest BCUT2D eigenvalue weighted by molar-refractivity contribution is 0.478. The SMILES string of the molecule is O=c1cc(Cl)c(Cl)c(Cl)c(O)c1-c1nc2ccccc2s1.